The maximum absolute atomic E-state index is 12.6. The Bertz CT molecular complexity index is 610. The summed E-state index contributed by atoms with van der Waals surface area (Å²) in [5, 5.41) is 3.07. The summed E-state index contributed by atoms with van der Waals surface area (Å²) in [4.78, 5) is 26.7. The van der Waals surface area contributed by atoms with Crippen molar-refractivity contribution in [3.8, 4) is 0 Å². The highest BCUT2D eigenvalue weighted by Crippen LogP contribution is 2.20. The van der Waals surface area contributed by atoms with Gasteiger partial charge in [0.25, 0.3) is 0 Å². The lowest BCUT2D eigenvalue weighted by atomic mass is 10.0. The Hall–Kier alpha value is -1.10. The van der Waals surface area contributed by atoms with Gasteiger partial charge in [0, 0.05) is 25.9 Å². The van der Waals surface area contributed by atoms with E-state index in [1.165, 1.54) is 116 Å². The van der Waals surface area contributed by atoms with Gasteiger partial charge in [0.05, 0.1) is 18.8 Å². The molecule has 1 aliphatic rings. The molecule has 1 rings (SSSR count). The Balaban J connectivity index is 1.79. The minimum atomic E-state index is 0.193. The first-order valence-corrected chi connectivity index (χ1v) is 18.2. The van der Waals surface area contributed by atoms with Crippen molar-refractivity contribution in [3.63, 3.8) is 0 Å². The predicted octanol–water partition coefficient (Wildman–Crippen LogP) is 9.90. The van der Waals surface area contributed by atoms with E-state index in [9.17, 15) is 9.59 Å². The van der Waals surface area contributed by atoms with Crippen molar-refractivity contribution in [1.29, 1.82) is 0 Å². The van der Waals surface area contributed by atoms with Gasteiger partial charge in [0.15, 0.2) is 0 Å². The van der Waals surface area contributed by atoms with Crippen LogP contribution in [0.1, 0.15) is 188 Å². The average Bonchev–Trinajstić information content (AvgIpc) is 3.44. The topological polar surface area (TPSA) is 58.6 Å². The Kier molecular flexibility index (Phi) is 25.6. The molecule has 1 fully saturated rings. The summed E-state index contributed by atoms with van der Waals surface area (Å²) in [5.74, 6) is 0.464. The smallest absolute Gasteiger partial charge is 0.222 e. The number of rotatable bonds is 29. The van der Waals surface area contributed by atoms with E-state index in [2.05, 4.69) is 12.2 Å². The molecule has 2 amide bonds. The number of hydrogen-bond acceptors (Lipinski definition) is 3. The molecule has 1 atom stereocenters. The number of likely N-dealkylation sites (tertiary alicyclic amines) is 1. The van der Waals surface area contributed by atoms with Crippen LogP contribution < -0.4 is 5.32 Å². The molecule has 0 aromatic heterocycles. The standard InChI is InChI=1S/C36H70N2O3/c1-4-5-6-7-8-9-10-11-12-13-14-15-16-17-18-19-20-21-23-28-35(39)37-30-25-22-24-29-36(40)38-31-26-27-34(38)32-41-33(2)3/h33-34H,4-32H2,1-3H3,(H,37,39)/t34-/m0/s1. The second-order valence-corrected chi connectivity index (χ2v) is 13.0. The highest BCUT2D eigenvalue weighted by atomic mass is 16.5. The zero-order valence-electron chi connectivity index (χ0n) is 27.8. The molecule has 1 N–H and O–H groups in total. The molecule has 0 radical (unpaired) electrons. The third kappa shape index (κ3) is 23.1. The molecule has 0 saturated carbocycles. The van der Waals surface area contributed by atoms with Crippen LogP contribution in [0.25, 0.3) is 0 Å². The van der Waals surface area contributed by atoms with Gasteiger partial charge >= 0.3 is 0 Å². The van der Waals surface area contributed by atoms with Crippen LogP contribution in [0.15, 0.2) is 0 Å². The van der Waals surface area contributed by atoms with E-state index < -0.39 is 0 Å². The summed E-state index contributed by atoms with van der Waals surface area (Å²) in [6.07, 6.45) is 32.6. The zero-order valence-corrected chi connectivity index (χ0v) is 27.8. The average molecular weight is 579 g/mol. The molecule has 1 aliphatic heterocycles. The summed E-state index contributed by atoms with van der Waals surface area (Å²) in [7, 11) is 0. The molecular weight excluding hydrogens is 508 g/mol. The first-order chi connectivity index (χ1) is 20.0. The fraction of sp³-hybridized carbons (Fsp3) is 0.944. The summed E-state index contributed by atoms with van der Waals surface area (Å²) < 4.78 is 5.74. The van der Waals surface area contributed by atoms with E-state index in [4.69, 9.17) is 4.74 Å². The van der Waals surface area contributed by atoms with E-state index >= 15 is 0 Å². The lowest BCUT2D eigenvalue weighted by Crippen LogP contribution is -2.38. The summed E-state index contributed by atoms with van der Waals surface area (Å²) >= 11 is 0. The highest BCUT2D eigenvalue weighted by molar-refractivity contribution is 5.77. The second-order valence-electron chi connectivity index (χ2n) is 13.0. The van der Waals surface area contributed by atoms with Crippen LogP contribution in [0, 0.1) is 0 Å². The van der Waals surface area contributed by atoms with Crippen LogP contribution in [0.2, 0.25) is 0 Å². The zero-order chi connectivity index (χ0) is 29.8. The maximum Gasteiger partial charge on any atom is 0.222 e. The lowest BCUT2D eigenvalue weighted by molar-refractivity contribution is -0.133. The Morgan fingerprint density at radius 2 is 1.15 bits per heavy atom. The van der Waals surface area contributed by atoms with Crippen molar-refractivity contribution in [2.24, 2.45) is 0 Å². The molecule has 5 heteroatoms. The van der Waals surface area contributed by atoms with Gasteiger partial charge in [-0.05, 0) is 46.0 Å². The van der Waals surface area contributed by atoms with Crippen molar-refractivity contribution >= 4 is 11.8 Å². The normalized spacial score (nSPS) is 15.2. The fourth-order valence-electron chi connectivity index (χ4n) is 6.04. The molecule has 0 aromatic carbocycles. The molecule has 242 valence electrons. The minimum Gasteiger partial charge on any atom is -0.377 e. The molecular formula is C36H70N2O3. The van der Waals surface area contributed by atoms with E-state index in [-0.39, 0.29) is 24.0 Å². The Morgan fingerprint density at radius 3 is 1.66 bits per heavy atom. The molecule has 0 unspecified atom stereocenters. The van der Waals surface area contributed by atoms with Gasteiger partial charge in [-0.3, -0.25) is 9.59 Å². The van der Waals surface area contributed by atoms with Crippen LogP contribution in [-0.2, 0) is 14.3 Å². The molecule has 0 bridgehead atoms. The third-order valence-corrected chi connectivity index (χ3v) is 8.72. The number of carbonyl (C=O) groups is 2. The number of amides is 2. The van der Waals surface area contributed by atoms with Crippen LogP contribution in [0.4, 0.5) is 0 Å². The first-order valence-electron chi connectivity index (χ1n) is 18.2. The summed E-state index contributed by atoms with van der Waals surface area (Å²) in [6, 6.07) is 0.258. The number of unbranched alkanes of at least 4 members (excludes halogenated alkanes) is 20. The van der Waals surface area contributed by atoms with Gasteiger partial charge in [0.1, 0.15) is 0 Å². The lowest BCUT2D eigenvalue weighted by Gasteiger charge is -2.25. The molecule has 0 spiro atoms. The van der Waals surface area contributed by atoms with Gasteiger partial charge in [-0.1, -0.05) is 129 Å². The number of ether oxygens (including phenoxy) is 1. The molecule has 1 heterocycles. The van der Waals surface area contributed by atoms with Crippen molar-refractivity contribution in [2.45, 2.75) is 200 Å². The van der Waals surface area contributed by atoms with E-state index in [0.29, 0.717) is 19.4 Å². The maximum atomic E-state index is 12.6. The van der Waals surface area contributed by atoms with Gasteiger partial charge in [-0.2, -0.15) is 0 Å². The van der Waals surface area contributed by atoms with Crippen LogP contribution in [0.5, 0.6) is 0 Å². The molecule has 5 nitrogen and oxygen atoms in total. The van der Waals surface area contributed by atoms with Crippen LogP contribution in [0.3, 0.4) is 0 Å². The number of carbonyl (C=O) groups excluding carboxylic acids is 2. The fourth-order valence-corrected chi connectivity index (χ4v) is 6.04. The predicted molar refractivity (Wildman–Crippen MR) is 175 cm³/mol. The van der Waals surface area contributed by atoms with Crippen LogP contribution in [-0.4, -0.2) is 48.6 Å². The Labute approximate surface area is 255 Å². The summed E-state index contributed by atoms with van der Waals surface area (Å²) in [6.45, 7) is 8.65. The monoisotopic (exact) mass is 579 g/mol. The second kappa shape index (κ2) is 27.7. The van der Waals surface area contributed by atoms with Gasteiger partial charge < -0.3 is 15.0 Å². The number of nitrogens with one attached hydrogen (secondary N) is 1. The van der Waals surface area contributed by atoms with Crippen molar-refractivity contribution in [2.75, 3.05) is 19.7 Å². The largest absolute Gasteiger partial charge is 0.377 e. The van der Waals surface area contributed by atoms with Crippen molar-refractivity contribution < 1.29 is 14.3 Å². The molecule has 0 aliphatic carbocycles. The third-order valence-electron chi connectivity index (χ3n) is 8.72. The molecule has 1 saturated heterocycles. The number of hydrogen-bond donors (Lipinski definition) is 1. The summed E-state index contributed by atoms with van der Waals surface area (Å²) in [5.41, 5.74) is 0. The molecule has 41 heavy (non-hydrogen) atoms. The first kappa shape index (κ1) is 37.9. The van der Waals surface area contributed by atoms with E-state index in [1.54, 1.807) is 0 Å². The van der Waals surface area contributed by atoms with Crippen molar-refractivity contribution in [3.05, 3.63) is 0 Å². The van der Waals surface area contributed by atoms with Gasteiger partial charge in [-0.15, -0.1) is 0 Å². The van der Waals surface area contributed by atoms with E-state index in [0.717, 1.165) is 51.6 Å². The minimum absolute atomic E-state index is 0.193. The SMILES string of the molecule is CCCCCCCCCCCCCCCCCCCCCC(=O)NCCCCCC(=O)N1CCC[C@H]1COC(C)C. The number of nitrogens with zero attached hydrogens (tertiary/aromatic N) is 1. The highest BCUT2D eigenvalue weighted by Gasteiger charge is 2.28. The van der Waals surface area contributed by atoms with E-state index in [1.807, 2.05) is 18.7 Å². The quantitative estimate of drug-likeness (QED) is 0.0899. The Morgan fingerprint density at radius 1 is 0.683 bits per heavy atom. The van der Waals surface area contributed by atoms with Crippen molar-refractivity contribution in [1.82, 2.24) is 10.2 Å². The molecule has 0 aromatic rings. The van der Waals surface area contributed by atoms with Crippen LogP contribution >= 0.6 is 0 Å². The van der Waals surface area contributed by atoms with Gasteiger partial charge in [0.2, 0.25) is 11.8 Å². The van der Waals surface area contributed by atoms with Gasteiger partial charge in [-0.25, -0.2) is 0 Å².